The van der Waals surface area contributed by atoms with Gasteiger partial charge in [0.2, 0.25) is 13.9 Å². The minimum atomic E-state index is -3.67. The van der Waals surface area contributed by atoms with Crippen molar-refractivity contribution in [1.29, 1.82) is 0 Å². The van der Waals surface area contributed by atoms with Gasteiger partial charge in [-0.3, -0.25) is 9.59 Å². The highest BCUT2D eigenvalue weighted by molar-refractivity contribution is 5.87. The Bertz CT molecular complexity index is 936. The number of carboxylic acids is 1. The van der Waals surface area contributed by atoms with Crippen molar-refractivity contribution in [1.82, 2.24) is 0 Å². The molecule has 0 aliphatic heterocycles. The molecule has 0 fully saturated rings. The fourth-order valence-corrected chi connectivity index (χ4v) is 2.74. The maximum Gasteiger partial charge on any atom is 0.379 e. The molecule has 0 saturated carbocycles. The number of esters is 3. The quantitative estimate of drug-likeness (QED) is 0.0426. The second-order valence-corrected chi connectivity index (χ2v) is 9.16. The van der Waals surface area contributed by atoms with Crippen molar-refractivity contribution in [2.45, 2.75) is 73.9 Å². The maximum atomic E-state index is 11.9. The fraction of sp³-hybridized carbons (Fsp3) is 0.613. The Morgan fingerprint density at radius 3 is 1.53 bits per heavy atom. The number of allylic oxidation sites excluding steroid dienone is 4. The molecule has 0 amide bonds. The van der Waals surface area contributed by atoms with Crippen LogP contribution in [0.3, 0.4) is 0 Å². The first-order valence-electron chi connectivity index (χ1n) is 13.9. The number of halogens is 8. The van der Waals surface area contributed by atoms with Gasteiger partial charge in [-0.2, -0.15) is 13.2 Å². The summed E-state index contributed by atoms with van der Waals surface area (Å²) in [6.45, 7) is 9.56. The summed E-state index contributed by atoms with van der Waals surface area (Å²) in [7, 11) is 0. The minimum absolute atomic E-state index is 0.0889. The van der Waals surface area contributed by atoms with Crippen molar-refractivity contribution >= 4 is 23.9 Å². The molecule has 0 saturated heterocycles. The van der Waals surface area contributed by atoms with Gasteiger partial charge in [-0.05, 0) is 52.9 Å². The monoisotopic (exact) mass is 700 g/mol. The van der Waals surface area contributed by atoms with Gasteiger partial charge < -0.3 is 19.3 Å². The van der Waals surface area contributed by atoms with E-state index in [-0.39, 0.29) is 37.7 Å². The van der Waals surface area contributed by atoms with E-state index in [4.69, 9.17) is 9.47 Å². The van der Waals surface area contributed by atoms with Crippen LogP contribution >= 0.6 is 0 Å². The smallest absolute Gasteiger partial charge is 0.379 e. The van der Waals surface area contributed by atoms with Gasteiger partial charge in [-0.1, -0.05) is 50.3 Å². The average molecular weight is 701 g/mol. The number of aliphatic carboxylic acids is 1. The second kappa shape index (κ2) is 36.7. The molecule has 16 heteroatoms. The summed E-state index contributed by atoms with van der Waals surface area (Å²) in [6, 6.07) is 0. The summed E-state index contributed by atoms with van der Waals surface area (Å²) in [6.07, 6.45) is 6.66. The van der Waals surface area contributed by atoms with E-state index < -0.39 is 57.0 Å². The van der Waals surface area contributed by atoms with Crippen LogP contribution in [-0.2, 0) is 33.4 Å². The SMILES string of the molecule is C=C(C)C(=O)OCCF.C=C(C)C(=O)OCCOC(=O)CC(C(=O)O)C(C)/C=C(\C)CC/C=C(\C)CC.FC(F)F.FCF.FCF. The van der Waals surface area contributed by atoms with Gasteiger partial charge in [0.1, 0.15) is 26.5 Å². The van der Waals surface area contributed by atoms with E-state index in [0.29, 0.717) is 5.57 Å². The Morgan fingerprint density at radius 1 is 0.766 bits per heavy atom. The lowest BCUT2D eigenvalue weighted by atomic mass is 9.89. The van der Waals surface area contributed by atoms with E-state index in [1.54, 1.807) is 6.92 Å². The van der Waals surface area contributed by atoms with Gasteiger partial charge in [-0.25, -0.2) is 31.5 Å². The van der Waals surface area contributed by atoms with E-state index in [1.165, 1.54) is 19.4 Å². The summed E-state index contributed by atoms with van der Waals surface area (Å²) in [4.78, 5) is 45.1. The van der Waals surface area contributed by atoms with Crippen LogP contribution in [0.1, 0.15) is 67.2 Å². The number of alkyl halides is 8. The first-order valence-corrected chi connectivity index (χ1v) is 13.9. The third-order valence-corrected chi connectivity index (χ3v) is 5.06. The molecule has 1 N–H and O–H groups in total. The molecule has 47 heavy (non-hydrogen) atoms. The zero-order valence-electron chi connectivity index (χ0n) is 27.7. The molecule has 0 aromatic heterocycles. The van der Waals surface area contributed by atoms with E-state index in [1.807, 2.05) is 13.0 Å². The Kier molecular flexibility index (Phi) is 41.3. The van der Waals surface area contributed by atoms with Gasteiger partial charge in [0, 0.05) is 11.1 Å². The van der Waals surface area contributed by atoms with Crippen molar-refractivity contribution in [2.24, 2.45) is 11.8 Å². The standard InChI is InChI=1S/C22H34O6.C6H9FO2.CHF3.2CH2F2/c1-7-16(4)9-8-10-17(5)13-18(6)19(21(24)25)14-20(23)27-11-12-28-22(26)15(2)3;1-5(2)6(8)9-4-3-7;2-1(3)4;2*2-1-3/h9,13,18-19H,2,7-8,10-12,14H2,1,3-6H3,(H,24,25);1,3-4H2,2H3;1H;2*1H2/b16-9+,17-13+;;;;. The summed E-state index contributed by atoms with van der Waals surface area (Å²) in [5, 5.41) is 9.47. The molecule has 0 aromatic rings. The molecule has 0 aliphatic carbocycles. The molecule has 0 spiro atoms. The maximum absolute atomic E-state index is 11.9. The van der Waals surface area contributed by atoms with Crippen LogP contribution < -0.4 is 0 Å². The summed E-state index contributed by atoms with van der Waals surface area (Å²) in [5.41, 5.74) is 2.98. The summed E-state index contributed by atoms with van der Waals surface area (Å²) in [5.74, 6) is -3.93. The molecule has 8 nitrogen and oxygen atoms in total. The zero-order chi connectivity index (χ0) is 38.0. The first kappa shape index (κ1) is 52.8. The third kappa shape index (κ3) is 44.5. The molecule has 0 heterocycles. The number of rotatable bonds is 16. The summed E-state index contributed by atoms with van der Waals surface area (Å²) >= 11 is 0. The van der Waals surface area contributed by atoms with Crippen molar-refractivity contribution in [3.05, 3.63) is 47.6 Å². The van der Waals surface area contributed by atoms with Gasteiger partial charge >= 0.3 is 30.6 Å². The number of ether oxygens (including phenoxy) is 3. The molecule has 276 valence electrons. The topological polar surface area (TPSA) is 116 Å². The van der Waals surface area contributed by atoms with E-state index >= 15 is 0 Å². The lowest BCUT2D eigenvalue weighted by Crippen LogP contribution is -2.25. The number of hydrogen-bond donors (Lipinski definition) is 1. The van der Waals surface area contributed by atoms with Gasteiger partial charge in [0.15, 0.2) is 0 Å². The second-order valence-electron chi connectivity index (χ2n) is 9.16. The molecule has 0 rings (SSSR count). The van der Waals surface area contributed by atoms with Crippen LogP contribution in [0.5, 0.6) is 0 Å². The predicted molar refractivity (Wildman–Crippen MR) is 162 cm³/mol. The largest absolute Gasteiger partial charge is 0.481 e. The Balaban J connectivity index is -0.000000251. The predicted octanol–water partition coefficient (Wildman–Crippen LogP) is 8.48. The van der Waals surface area contributed by atoms with Gasteiger partial charge in [0.05, 0.1) is 12.3 Å². The van der Waals surface area contributed by atoms with Gasteiger partial charge in [-0.15, -0.1) is 0 Å². The van der Waals surface area contributed by atoms with E-state index in [9.17, 15) is 59.4 Å². The van der Waals surface area contributed by atoms with Crippen LogP contribution in [0, 0.1) is 11.8 Å². The van der Waals surface area contributed by atoms with Crippen LogP contribution in [0.4, 0.5) is 35.1 Å². The van der Waals surface area contributed by atoms with Gasteiger partial charge in [0.25, 0.3) is 0 Å². The zero-order valence-corrected chi connectivity index (χ0v) is 27.7. The number of carboxylic acid groups (broad SMARTS) is 1. The molecule has 2 atom stereocenters. The lowest BCUT2D eigenvalue weighted by molar-refractivity contribution is -0.155. The summed E-state index contributed by atoms with van der Waals surface area (Å²) < 4.78 is 92.9. The van der Waals surface area contributed by atoms with Crippen molar-refractivity contribution in [3.63, 3.8) is 0 Å². The number of carbonyl (C=O) groups excluding carboxylic acids is 3. The Morgan fingerprint density at radius 2 is 1.17 bits per heavy atom. The lowest BCUT2D eigenvalue weighted by Gasteiger charge is -2.17. The molecule has 2 unspecified atom stereocenters. The molecule has 0 bridgehead atoms. The molecule has 0 radical (unpaired) electrons. The van der Waals surface area contributed by atoms with Crippen molar-refractivity contribution in [2.75, 3.05) is 40.4 Å². The average Bonchev–Trinajstić information content (AvgIpc) is 2.97. The van der Waals surface area contributed by atoms with Crippen LogP contribution in [0.25, 0.3) is 0 Å². The van der Waals surface area contributed by atoms with Crippen LogP contribution in [0.2, 0.25) is 0 Å². The molecular weight excluding hydrogens is 652 g/mol. The van der Waals surface area contributed by atoms with E-state index in [0.717, 1.165) is 24.8 Å². The Labute approximate surface area is 271 Å². The minimum Gasteiger partial charge on any atom is -0.481 e. The normalized spacial score (nSPS) is 11.6. The van der Waals surface area contributed by atoms with Crippen LogP contribution in [0.15, 0.2) is 47.6 Å². The molecular formula is C31H48F8O8. The highest BCUT2D eigenvalue weighted by Gasteiger charge is 2.27. The fourth-order valence-electron chi connectivity index (χ4n) is 2.74. The number of hydrogen-bond acceptors (Lipinski definition) is 7. The highest BCUT2D eigenvalue weighted by atomic mass is 19.4. The molecule has 0 aromatic carbocycles. The van der Waals surface area contributed by atoms with Crippen molar-refractivity contribution in [3.8, 4) is 0 Å². The third-order valence-electron chi connectivity index (χ3n) is 5.06. The Hall–Kier alpha value is -3.72. The van der Waals surface area contributed by atoms with E-state index in [2.05, 4.69) is 37.8 Å². The number of carbonyl (C=O) groups is 4. The van der Waals surface area contributed by atoms with Crippen LogP contribution in [-0.4, -0.2) is 76.0 Å². The molecule has 0 aliphatic rings. The first-order chi connectivity index (χ1) is 21.8. The highest BCUT2D eigenvalue weighted by Crippen LogP contribution is 2.21. The van der Waals surface area contributed by atoms with Crippen molar-refractivity contribution < 1.29 is 73.6 Å².